The minimum absolute atomic E-state index is 0.527. The van der Waals surface area contributed by atoms with Gasteiger partial charge in [0.15, 0.2) is 11.5 Å². The monoisotopic (exact) mass is 431 g/mol. The zero-order valence-electron chi connectivity index (χ0n) is 13.7. The molecular weight excluding hydrogens is 413 g/mol. The molecule has 24 heavy (non-hydrogen) atoms. The second-order valence-electron chi connectivity index (χ2n) is 5.15. The summed E-state index contributed by atoms with van der Waals surface area (Å²) < 4.78 is 12.4. The van der Waals surface area contributed by atoms with Gasteiger partial charge in [0.25, 0.3) is 0 Å². The molecule has 0 aliphatic carbocycles. The summed E-state index contributed by atoms with van der Waals surface area (Å²) in [5.41, 5.74) is 1.97. The minimum atomic E-state index is 0.527. The summed E-state index contributed by atoms with van der Waals surface area (Å²) in [7, 11) is 0. The largest absolute Gasteiger partial charge is 0.490 e. The van der Waals surface area contributed by atoms with Crippen LogP contribution < -0.4 is 14.8 Å². The van der Waals surface area contributed by atoms with Gasteiger partial charge in [-0.1, -0.05) is 46.1 Å². The number of ether oxygens (including phenoxy) is 2. The third kappa shape index (κ3) is 5.20. The van der Waals surface area contributed by atoms with E-state index in [0.29, 0.717) is 29.8 Å². The van der Waals surface area contributed by atoms with Gasteiger partial charge in [-0.25, -0.2) is 0 Å². The summed E-state index contributed by atoms with van der Waals surface area (Å²) in [5.74, 6) is 1.50. The third-order valence-electron chi connectivity index (χ3n) is 3.28. The average Bonchev–Trinajstić information content (AvgIpc) is 2.56. The molecule has 6 heteroatoms. The summed E-state index contributed by atoms with van der Waals surface area (Å²) in [4.78, 5) is 0. The molecule has 130 valence electrons. The maximum Gasteiger partial charge on any atom is 0.162 e. The lowest BCUT2D eigenvalue weighted by atomic mass is 10.2. The van der Waals surface area contributed by atoms with Crippen molar-refractivity contribution in [3.05, 3.63) is 50.4 Å². The van der Waals surface area contributed by atoms with E-state index in [9.17, 15) is 0 Å². The summed E-state index contributed by atoms with van der Waals surface area (Å²) >= 11 is 15.6. The Balaban J connectivity index is 2.16. The van der Waals surface area contributed by atoms with Gasteiger partial charge in [0.05, 0.1) is 23.3 Å². The Labute approximate surface area is 161 Å². The maximum absolute atomic E-state index is 6.04. The van der Waals surface area contributed by atoms with E-state index in [1.807, 2.05) is 25.1 Å². The Morgan fingerprint density at radius 1 is 1.00 bits per heavy atom. The molecule has 2 rings (SSSR count). The van der Waals surface area contributed by atoms with Gasteiger partial charge in [-0.3, -0.25) is 0 Å². The van der Waals surface area contributed by atoms with Gasteiger partial charge in [0, 0.05) is 16.7 Å². The second-order valence-corrected chi connectivity index (χ2v) is 6.82. The molecule has 0 aromatic heterocycles. The van der Waals surface area contributed by atoms with Crippen LogP contribution in [0.15, 0.2) is 34.8 Å². The summed E-state index contributed by atoms with van der Waals surface area (Å²) in [6.45, 7) is 5.90. The van der Waals surface area contributed by atoms with Crippen molar-refractivity contribution in [2.75, 3.05) is 18.5 Å². The van der Waals surface area contributed by atoms with E-state index < -0.39 is 0 Å². The fraction of sp³-hybridized carbons (Fsp3) is 0.333. The topological polar surface area (TPSA) is 30.5 Å². The Morgan fingerprint density at radius 3 is 2.42 bits per heavy atom. The number of anilines is 1. The van der Waals surface area contributed by atoms with Crippen LogP contribution in [-0.4, -0.2) is 13.2 Å². The van der Waals surface area contributed by atoms with E-state index in [0.717, 1.165) is 33.6 Å². The lowest BCUT2D eigenvalue weighted by Crippen LogP contribution is -2.04. The van der Waals surface area contributed by atoms with Gasteiger partial charge in [0.1, 0.15) is 0 Å². The number of rotatable bonds is 8. The third-order valence-corrected chi connectivity index (χ3v) is 4.75. The van der Waals surface area contributed by atoms with Crippen LogP contribution >= 0.6 is 39.1 Å². The van der Waals surface area contributed by atoms with Crippen molar-refractivity contribution in [3.8, 4) is 11.5 Å². The molecule has 0 unspecified atom stereocenters. The van der Waals surface area contributed by atoms with Crippen molar-refractivity contribution in [2.45, 2.75) is 26.8 Å². The van der Waals surface area contributed by atoms with Gasteiger partial charge in [-0.15, -0.1) is 0 Å². The molecule has 0 atom stereocenters. The first-order valence-corrected chi connectivity index (χ1v) is 9.37. The van der Waals surface area contributed by atoms with Gasteiger partial charge < -0.3 is 14.8 Å². The summed E-state index contributed by atoms with van der Waals surface area (Å²) in [5, 5.41) is 4.40. The van der Waals surface area contributed by atoms with Crippen molar-refractivity contribution < 1.29 is 9.47 Å². The first-order valence-electron chi connectivity index (χ1n) is 7.82. The minimum Gasteiger partial charge on any atom is -0.490 e. The highest BCUT2D eigenvalue weighted by Crippen LogP contribution is 2.34. The molecule has 0 saturated heterocycles. The molecule has 0 aliphatic rings. The van der Waals surface area contributed by atoms with Crippen LogP contribution in [0, 0.1) is 0 Å². The number of nitrogens with one attached hydrogen (secondary N) is 1. The van der Waals surface area contributed by atoms with Crippen LogP contribution in [0.4, 0.5) is 5.69 Å². The normalized spacial score (nSPS) is 10.5. The van der Waals surface area contributed by atoms with Crippen LogP contribution in [0.25, 0.3) is 0 Å². The van der Waals surface area contributed by atoms with Crippen LogP contribution in [0.1, 0.15) is 25.8 Å². The Bertz CT molecular complexity index is 695. The highest BCUT2D eigenvalue weighted by Gasteiger charge is 2.11. The quantitative estimate of drug-likeness (QED) is 0.512. The van der Waals surface area contributed by atoms with Crippen molar-refractivity contribution in [1.29, 1.82) is 0 Å². The second kappa shape index (κ2) is 9.40. The molecule has 0 heterocycles. The molecule has 0 radical (unpaired) electrons. The molecule has 1 N–H and O–H groups in total. The molecule has 2 aromatic rings. The van der Waals surface area contributed by atoms with E-state index in [-0.39, 0.29) is 0 Å². The van der Waals surface area contributed by atoms with Gasteiger partial charge >= 0.3 is 0 Å². The Morgan fingerprint density at radius 2 is 1.75 bits per heavy atom. The molecule has 0 saturated carbocycles. The summed E-state index contributed by atoms with van der Waals surface area (Å²) in [6, 6.07) is 9.41. The maximum atomic E-state index is 6.04. The van der Waals surface area contributed by atoms with Gasteiger partial charge in [-0.05, 0) is 49.2 Å². The van der Waals surface area contributed by atoms with E-state index in [1.54, 1.807) is 12.1 Å². The smallest absolute Gasteiger partial charge is 0.162 e. The van der Waals surface area contributed by atoms with Crippen molar-refractivity contribution >= 4 is 44.8 Å². The van der Waals surface area contributed by atoms with E-state index >= 15 is 0 Å². The Kier molecular flexibility index (Phi) is 7.53. The Hall–Kier alpha value is -1.10. The van der Waals surface area contributed by atoms with Crippen molar-refractivity contribution in [2.24, 2.45) is 0 Å². The van der Waals surface area contributed by atoms with Crippen LogP contribution in [0.3, 0.4) is 0 Å². The standard InChI is InChI=1S/C18H20BrCl2NO2/c1-3-7-24-18-10-14(19)12(8-17(18)23-4-2)11-22-13-5-6-15(20)16(21)9-13/h5-6,8-10,22H,3-4,7,11H2,1-2H3. The van der Waals surface area contributed by atoms with Crippen LogP contribution in [0.2, 0.25) is 10.0 Å². The highest BCUT2D eigenvalue weighted by molar-refractivity contribution is 9.10. The molecule has 0 bridgehead atoms. The zero-order chi connectivity index (χ0) is 17.5. The predicted octanol–water partition coefficient (Wildman–Crippen LogP) is 6.56. The van der Waals surface area contributed by atoms with Gasteiger partial charge in [0.2, 0.25) is 0 Å². The molecule has 0 aliphatic heterocycles. The molecule has 3 nitrogen and oxygen atoms in total. The lowest BCUT2D eigenvalue weighted by molar-refractivity contribution is 0.276. The highest BCUT2D eigenvalue weighted by atomic mass is 79.9. The lowest BCUT2D eigenvalue weighted by Gasteiger charge is -2.15. The molecule has 2 aromatic carbocycles. The molecule has 0 spiro atoms. The van der Waals surface area contributed by atoms with Crippen LogP contribution in [0.5, 0.6) is 11.5 Å². The fourth-order valence-electron chi connectivity index (χ4n) is 2.11. The molecule has 0 amide bonds. The number of hydrogen-bond acceptors (Lipinski definition) is 3. The number of halogens is 3. The average molecular weight is 433 g/mol. The van der Waals surface area contributed by atoms with E-state index in [4.69, 9.17) is 32.7 Å². The number of benzene rings is 2. The molecular formula is C18H20BrCl2NO2. The summed E-state index contributed by atoms with van der Waals surface area (Å²) in [6.07, 6.45) is 0.948. The SMILES string of the molecule is CCCOc1cc(Br)c(CNc2ccc(Cl)c(Cl)c2)cc1OCC. The van der Waals surface area contributed by atoms with Gasteiger partial charge in [-0.2, -0.15) is 0 Å². The number of hydrogen-bond donors (Lipinski definition) is 1. The van der Waals surface area contributed by atoms with E-state index in [1.165, 1.54) is 0 Å². The van der Waals surface area contributed by atoms with Crippen LogP contribution in [-0.2, 0) is 6.54 Å². The van der Waals surface area contributed by atoms with Crippen molar-refractivity contribution in [1.82, 2.24) is 0 Å². The van der Waals surface area contributed by atoms with Crippen molar-refractivity contribution in [3.63, 3.8) is 0 Å². The first-order chi connectivity index (χ1) is 11.5. The predicted molar refractivity (Wildman–Crippen MR) is 105 cm³/mol. The van der Waals surface area contributed by atoms with E-state index in [2.05, 4.69) is 28.2 Å². The zero-order valence-corrected chi connectivity index (χ0v) is 16.8. The first kappa shape index (κ1) is 19.2. The molecule has 0 fully saturated rings. The fourth-order valence-corrected chi connectivity index (χ4v) is 2.87.